The Morgan fingerprint density at radius 3 is 2.55 bits per heavy atom. The summed E-state index contributed by atoms with van der Waals surface area (Å²) in [5, 5.41) is 15.3. The molecule has 0 aliphatic carbocycles. The zero-order valence-corrected chi connectivity index (χ0v) is 12.6. The third-order valence-electron chi connectivity index (χ3n) is 3.64. The van der Waals surface area contributed by atoms with Crippen molar-refractivity contribution >= 4 is 5.84 Å². The quantitative estimate of drug-likeness (QED) is 0.214. The maximum atomic E-state index is 8.70. The molecule has 4 nitrogen and oxygen atoms in total. The highest BCUT2D eigenvalue weighted by Gasteiger charge is 2.22. The molecule has 0 heterocycles. The van der Waals surface area contributed by atoms with Crippen LogP contribution in [0.2, 0.25) is 0 Å². The third kappa shape index (κ3) is 6.06. The average Bonchev–Trinajstić information content (AvgIpc) is 2.46. The van der Waals surface area contributed by atoms with Gasteiger partial charge in [0, 0.05) is 5.41 Å². The molecular formula is C16H27N3O. The van der Waals surface area contributed by atoms with Crippen LogP contribution in [0, 0.1) is 5.41 Å². The van der Waals surface area contributed by atoms with E-state index in [4.69, 9.17) is 10.9 Å². The molecule has 0 spiro atoms. The smallest absolute Gasteiger partial charge is 0.144 e. The van der Waals surface area contributed by atoms with Crippen LogP contribution >= 0.6 is 0 Å². The Kier molecular flexibility index (Phi) is 7.09. The molecule has 0 radical (unpaired) electrons. The Balaban J connectivity index is 2.06. The van der Waals surface area contributed by atoms with Gasteiger partial charge in [0.2, 0.25) is 0 Å². The minimum absolute atomic E-state index is 0.223. The number of amidine groups is 1. The lowest BCUT2D eigenvalue weighted by Crippen LogP contribution is -2.32. The van der Waals surface area contributed by atoms with E-state index in [1.165, 1.54) is 5.56 Å². The molecule has 112 valence electrons. The lowest BCUT2D eigenvalue weighted by molar-refractivity contribution is 0.304. The van der Waals surface area contributed by atoms with Gasteiger partial charge in [-0.2, -0.15) is 0 Å². The first-order valence-electron chi connectivity index (χ1n) is 7.29. The molecule has 0 unspecified atom stereocenters. The van der Waals surface area contributed by atoms with Gasteiger partial charge in [0.25, 0.3) is 0 Å². The zero-order valence-electron chi connectivity index (χ0n) is 12.6. The van der Waals surface area contributed by atoms with E-state index in [0.29, 0.717) is 5.84 Å². The van der Waals surface area contributed by atoms with Crippen molar-refractivity contribution in [2.45, 2.75) is 39.5 Å². The predicted molar refractivity (Wildman–Crippen MR) is 84.1 cm³/mol. The summed E-state index contributed by atoms with van der Waals surface area (Å²) in [4.78, 5) is 0. The molecule has 4 heteroatoms. The van der Waals surface area contributed by atoms with E-state index in [2.05, 4.69) is 34.7 Å². The lowest BCUT2D eigenvalue weighted by Gasteiger charge is -2.22. The number of hydrogen-bond acceptors (Lipinski definition) is 3. The predicted octanol–water partition coefficient (Wildman–Crippen LogP) is 2.76. The monoisotopic (exact) mass is 277 g/mol. The van der Waals surface area contributed by atoms with E-state index in [9.17, 15) is 0 Å². The van der Waals surface area contributed by atoms with Gasteiger partial charge < -0.3 is 16.3 Å². The van der Waals surface area contributed by atoms with Gasteiger partial charge in [0.1, 0.15) is 5.84 Å². The molecule has 1 aromatic carbocycles. The molecule has 1 rings (SSSR count). The molecule has 0 fully saturated rings. The number of unbranched alkanes of at least 4 members (excludes halogenated alkanes) is 1. The van der Waals surface area contributed by atoms with Crippen molar-refractivity contribution in [3.8, 4) is 0 Å². The van der Waals surface area contributed by atoms with Crippen LogP contribution in [0.15, 0.2) is 35.5 Å². The fraction of sp³-hybridized carbons (Fsp3) is 0.562. The Morgan fingerprint density at radius 1 is 1.20 bits per heavy atom. The molecule has 0 aliphatic heterocycles. The van der Waals surface area contributed by atoms with Crippen molar-refractivity contribution in [3.63, 3.8) is 0 Å². The number of rotatable bonds is 9. The number of nitrogens with two attached hydrogens (primary N) is 1. The van der Waals surface area contributed by atoms with Gasteiger partial charge in [0.05, 0.1) is 0 Å². The lowest BCUT2D eigenvalue weighted by atomic mass is 9.86. The van der Waals surface area contributed by atoms with E-state index >= 15 is 0 Å². The Bertz CT molecular complexity index is 401. The van der Waals surface area contributed by atoms with Gasteiger partial charge in [-0.25, -0.2) is 0 Å². The summed E-state index contributed by atoms with van der Waals surface area (Å²) in [5.74, 6) is 0.314. The standard InChI is InChI=1S/C16H27N3O/c1-16(2,15(17)19-20)11-6-7-12-18-13-10-14-8-4-3-5-9-14/h3-5,8-9,18,20H,6-7,10-13H2,1-2H3,(H2,17,19). The summed E-state index contributed by atoms with van der Waals surface area (Å²) in [6.07, 6.45) is 4.18. The van der Waals surface area contributed by atoms with Gasteiger partial charge in [-0.1, -0.05) is 55.8 Å². The first kappa shape index (κ1) is 16.5. The number of oxime groups is 1. The van der Waals surface area contributed by atoms with E-state index in [0.717, 1.165) is 38.8 Å². The molecule has 0 bridgehead atoms. The van der Waals surface area contributed by atoms with Crippen molar-refractivity contribution in [1.82, 2.24) is 5.32 Å². The van der Waals surface area contributed by atoms with Gasteiger partial charge >= 0.3 is 0 Å². The van der Waals surface area contributed by atoms with Gasteiger partial charge in [-0.05, 0) is 37.9 Å². The number of nitrogens with zero attached hydrogens (tertiary/aromatic N) is 1. The first-order chi connectivity index (χ1) is 9.56. The number of hydrogen-bond donors (Lipinski definition) is 3. The van der Waals surface area contributed by atoms with Crippen molar-refractivity contribution in [2.75, 3.05) is 13.1 Å². The molecule has 1 aromatic rings. The molecule has 0 atom stereocenters. The molecular weight excluding hydrogens is 250 g/mol. The summed E-state index contributed by atoms with van der Waals surface area (Å²) >= 11 is 0. The fourth-order valence-electron chi connectivity index (χ4n) is 2.08. The molecule has 20 heavy (non-hydrogen) atoms. The van der Waals surface area contributed by atoms with Crippen molar-refractivity contribution < 1.29 is 5.21 Å². The van der Waals surface area contributed by atoms with Crippen LogP contribution in [0.5, 0.6) is 0 Å². The normalized spacial score (nSPS) is 12.6. The zero-order chi connectivity index (χ0) is 14.8. The van der Waals surface area contributed by atoms with Crippen LogP contribution in [0.4, 0.5) is 0 Å². The minimum Gasteiger partial charge on any atom is -0.409 e. The molecule has 4 N–H and O–H groups in total. The van der Waals surface area contributed by atoms with E-state index in [-0.39, 0.29) is 5.41 Å². The van der Waals surface area contributed by atoms with E-state index < -0.39 is 0 Å². The Labute approximate surface area is 122 Å². The molecule has 0 saturated heterocycles. The van der Waals surface area contributed by atoms with Crippen LogP contribution in [0.1, 0.15) is 38.7 Å². The second-order valence-corrected chi connectivity index (χ2v) is 5.81. The van der Waals surface area contributed by atoms with Gasteiger partial charge in [-0.3, -0.25) is 0 Å². The Morgan fingerprint density at radius 2 is 1.90 bits per heavy atom. The van der Waals surface area contributed by atoms with Crippen LogP contribution in [-0.4, -0.2) is 24.1 Å². The molecule has 0 saturated carbocycles. The first-order valence-corrected chi connectivity index (χ1v) is 7.29. The second-order valence-electron chi connectivity index (χ2n) is 5.81. The summed E-state index contributed by atoms with van der Waals surface area (Å²) in [7, 11) is 0. The van der Waals surface area contributed by atoms with Crippen molar-refractivity contribution in [2.24, 2.45) is 16.3 Å². The highest BCUT2D eigenvalue weighted by atomic mass is 16.4. The summed E-state index contributed by atoms with van der Waals surface area (Å²) in [5.41, 5.74) is 6.81. The van der Waals surface area contributed by atoms with Gasteiger partial charge in [0.15, 0.2) is 0 Å². The van der Waals surface area contributed by atoms with Crippen LogP contribution in [0.25, 0.3) is 0 Å². The van der Waals surface area contributed by atoms with Crippen molar-refractivity contribution in [3.05, 3.63) is 35.9 Å². The third-order valence-corrected chi connectivity index (χ3v) is 3.64. The van der Waals surface area contributed by atoms with Crippen LogP contribution in [0.3, 0.4) is 0 Å². The number of benzene rings is 1. The topological polar surface area (TPSA) is 70.6 Å². The second kappa shape index (κ2) is 8.59. The highest BCUT2D eigenvalue weighted by molar-refractivity contribution is 5.85. The maximum Gasteiger partial charge on any atom is 0.144 e. The molecule has 0 aliphatic rings. The van der Waals surface area contributed by atoms with Crippen molar-refractivity contribution in [1.29, 1.82) is 0 Å². The molecule has 0 amide bonds. The molecule has 0 aromatic heterocycles. The highest BCUT2D eigenvalue weighted by Crippen LogP contribution is 2.22. The summed E-state index contributed by atoms with van der Waals surface area (Å²) in [6, 6.07) is 10.5. The minimum atomic E-state index is -0.223. The van der Waals surface area contributed by atoms with Crippen LogP contribution < -0.4 is 11.1 Å². The Hall–Kier alpha value is -1.55. The van der Waals surface area contributed by atoms with E-state index in [1.807, 2.05) is 19.9 Å². The fourth-order valence-corrected chi connectivity index (χ4v) is 2.08. The average molecular weight is 277 g/mol. The summed E-state index contributed by atoms with van der Waals surface area (Å²) < 4.78 is 0. The number of nitrogens with one attached hydrogen (secondary N) is 1. The maximum absolute atomic E-state index is 8.70. The largest absolute Gasteiger partial charge is 0.409 e. The SMILES string of the molecule is CC(C)(CCCCNCCc1ccccc1)/C(N)=N/O. The summed E-state index contributed by atoms with van der Waals surface area (Å²) in [6.45, 7) is 6.03. The van der Waals surface area contributed by atoms with E-state index in [1.54, 1.807) is 0 Å². The van der Waals surface area contributed by atoms with Gasteiger partial charge in [-0.15, -0.1) is 0 Å². The van der Waals surface area contributed by atoms with Crippen LogP contribution in [-0.2, 0) is 6.42 Å².